The Morgan fingerprint density at radius 2 is 2.14 bits per heavy atom. The fourth-order valence-corrected chi connectivity index (χ4v) is 2.85. The molecule has 4 nitrogen and oxygen atoms in total. The molecule has 112 valence electrons. The van der Waals surface area contributed by atoms with Crippen molar-refractivity contribution >= 4 is 22.4 Å². The van der Waals surface area contributed by atoms with Crippen molar-refractivity contribution in [2.45, 2.75) is 13.8 Å². The Balaban J connectivity index is 1.80. The van der Waals surface area contributed by atoms with E-state index in [0.717, 1.165) is 0 Å². The Hall–Kier alpha value is -2.47. The molecule has 0 spiro atoms. The third-order valence-corrected chi connectivity index (χ3v) is 3.89. The molecule has 0 saturated carbocycles. The van der Waals surface area contributed by atoms with E-state index in [1.54, 1.807) is 37.4 Å². The fourth-order valence-electron chi connectivity index (χ4n) is 2.13. The first kappa shape index (κ1) is 14.5. The Bertz CT molecular complexity index is 838. The molecule has 3 aromatic rings. The lowest BCUT2D eigenvalue weighted by Crippen LogP contribution is -2.11. The van der Waals surface area contributed by atoms with Gasteiger partial charge in [0, 0.05) is 10.9 Å². The molecule has 6 heteroatoms. The zero-order valence-electron chi connectivity index (χ0n) is 12.0. The van der Waals surface area contributed by atoms with E-state index in [1.807, 2.05) is 0 Å². The molecule has 0 unspecified atom stereocenters. The average molecular weight is 316 g/mol. The molecule has 0 atom stereocenters. The average Bonchev–Trinajstić information content (AvgIpc) is 3.05. The lowest BCUT2D eigenvalue weighted by Gasteiger charge is -2.00. The van der Waals surface area contributed by atoms with E-state index in [1.165, 1.54) is 23.5 Å². The minimum Gasteiger partial charge on any atom is -0.466 e. The summed E-state index contributed by atoms with van der Waals surface area (Å²) in [7, 11) is 0. The summed E-state index contributed by atoms with van der Waals surface area (Å²) < 4.78 is 18.6. The van der Waals surface area contributed by atoms with Gasteiger partial charge in [0.1, 0.15) is 17.3 Å². The number of hydrogen-bond acceptors (Lipinski definition) is 4. The van der Waals surface area contributed by atoms with Gasteiger partial charge in [-0.15, -0.1) is 11.3 Å². The van der Waals surface area contributed by atoms with Crippen molar-refractivity contribution in [2.75, 3.05) is 5.32 Å². The van der Waals surface area contributed by atoms with Gasteiger partial charge >= 0.3 is 0 Å². The number of carbonyl (C=O) groups is 1. The van der Waals surface area contributed by atoms with Crippen LogP contribution in [0.2, 0.25) is 0 Å². The maximum atomic E-state index is 13.2. The van der Waals surface area contributed by atoms with Gasteiger partial charge in [-0.3, -0.25) is 10.1 Å². The van der Waals surface area contributed by atoms with Gasteiger partial charge in [-0.1, -0.05) is 12.1 Å². The number of thiazole rings is 1. The summed E-state index contributed by atoms with van der Waals surface area (Å²) >= 11 is 1.29. The zero-order chi connectivity index (χ0) is 15.7. The van der Waals surface area contributed by atoms with Crippen LogP contribution in [0.1, 0.15) is 21.9 Å². The van der Waals surface area contributed by atoms with Gasteiger partial charge in [0.15, 0.2) is 5.13 Å². The van der Waals surface area contributed by atoms with Crippen LogP contribution in [-0.2, 0) is 0 Å². The number of anilines is 1. The van der Waals surface area contributed by atoms with Crippen LogP contribution in [0.5, 0.6) is 0 Å². The number of rotatable bonds is 3. The predicted octanol–water partition coefficient (Wildman–Crippen LogP) is 4.41. The number of hydrogen-bond donors (Lipinski definition) is 1. The molecule has 0 aliphatic rings. The van der Waals surface area contributed by atoms with E-state index in [2.05, 4.69) is 10.3 Å². The van der Waals surface area contributed by atoms with Crippen LogP contribution in [0.3, 0.4) is 0 Å². The Morgan fingerprint density at radius 3 is 2.82 bits per heavy atom. The molecule has 1 aromatic carbocycles. The minimum atomic E-state index is -0.319. The molecule has 1 N–H and O–H groups in total. The monoisotopic (exact) mass is 316 g/mol. The largest absolute Gasteiger partial charge is 0.466 e. The smallest absolute Gasteiger partial charge is 0.260 e. The minimum absolute atomic E-state index is 0.269. The quantitative estimate of drug-likeness (QED) is 0.778. The van der Waals surface area contributed by atoms with E-state index in [0.29, 0.717) is 33.5 Å². The number of furan rings is 1. The number of benzene rings is 1. The molecular weight excluding hydrogens is 303 g/mol. The van der Waals surface area contributed by atoms with E-state index >= 15 is 0 Å². The van der Waals surface area contributed by atoms with Crippen LogP contribution in [0.15, 0.2) is 40.1 Å². The molecule has 0 radical (unpaired) electrons. The molecule has 22 heavy (non-hydrogen) atoms. The lowest BCUT2D eigenvalue weighted by molar-refractivity contribution is 0.102. The van der Waals surface area contributed by atoms with Crippen molar-refractivity contribution in [3.05, 3.63) is 58.6 Å². The van der Waals surface area contributed by atoms with Gasteiger partial charge in [0.05, 0.1) is 11.3 Å². The highest BCUT2D eigenvalue weighted by Gasteiger charge is 2.15. The van der Waals surface area contributed by atoms with Crippen molar-refractivity contribution in [1.29, 1.82) is 0 Å². The predicted molar refractivity (Wildman–Crippen MR) is 83.6 cm³/mol. The Kier molecular flexibility index (Phi) is 3.77. The highest BCUT2D eigenvalue weighted by Crippen LogP contribution is 2.26. The number of halogens is 1. The number of aromatic nitrogens is 1. The molecule has 1 amide bonds. The van der Waals surface area contributed by atoms with Gasteiger partial charge in [-0.2, -0.15) is 0 Å². The van der Waals surface area contributed by atoms with Crippen LogP contribution in [0, 0.1) is 19.7 Å². The summed E-state index contributed by atoms with van der Waals surface area (Å²) in [5.74, 6) is 0.661. The van der Waals surface area contributed by atoms with E-state index < -0.39 is 0 Å². The van der Waals surface area contributed by atoms with Gasteiger partial charge in [-0.25, -0.2) is 9.37 Å². The standard InChI is InChI=1S/C16H13FN2O2S/c1-9-6-13(10(2)21-9)15(20)19-16-18-14(8-22-16)11-4-3-5-12(17)7-11/h3-8H,1-2H3,(H,18,19,20). The number of aryl methyl sites for hydroxylation is 2. The molecule has 0 saturated heterocycles. The van der Waals surface area contributed by atoms with Crippen LogP contribution in [0.4, 0.5) is 9.52 Å². The van der Waals surface area contributed by atoms with Crippen molar-refractivity contribution in [3.8, 4) is 11.3 Å². The van der Waals surface area contributed by atoms with Crippen molar-refractivity contribution in [2.24, 2.45) is 0 Å². The summed E-state index contributed by atoms with van der Waals surface area (Å²) in [4.78, 5) is 16.5. The van der Waals surface area contributed by atoms with E-state index in [-0.39, 0.29) is 11.7 Å². The van der Waals surface area contributed by atoms with Crippen molar-refractivity contribution in [3.63, 3.8) is 0 Å². The fraction of sp³-hybridized carbons (Fsp3) is 0.125. The number of carbonyl (C=O) groups excluding carboxylic acids is 1. The molecule has 0 fully saturated rings. The summed E-state index contributed by atoms with van der Waals surface area (Å²) in [5.41, 5.74) is 1.78. The third-order valence-electron chi connectivity index (χ3n) is 3.13. The molecule has 3 rings (SSSR count). The van der Waals surface area contributed by atoms with Crippen molar-refractivity contribution < 1.29 is 13.6 Å². The molecule has 0 aliphatic carbocycles. The first-order chi connectivity index (χ1) is 10.5. The molecular formula is C16H13FN2O2S. The van der Waals surface area contributed by atoms with Crippen LogP contribution in [-0.4, -0.2) is 10.9 Å². The topological polar surface area (TPSA) is 55.1 Å². The second-order valence-electron chi connectivity index (χ2n) is 4.83. The SMILES string of the molecule is Cc1cc(C(=O)Nc2nc(-c3cccc(F)c3)cs2)c(C)o1. The maximum absolute atomic E-state index is 13.2. The van der Waals surface area contributed by atoms with Crippen LogP contribution < -0.4 is 5.32 Å². The third kappa shape index (κ3) is 2.92. The summed E-state index contributed by atoms with van der Waals surface area (Å²) in [5, 5.41) is 4.97. The van der Waals surface area contributed by atoms with Crippen LogP contribution in [0.25, 0.3) is 11.3 Å². The van der Waals surface area contributed by atoms with Gasteiger partial charge in [0.2, 0.25) is 0 Å². The normalized spacial score (nSPS) is 10.7. The number of amides is 1. The van der Waals surface area contributed by atoms with Gasteiger partial charge in [-0.05, 0) is 32.0 Å². The second kappa shape index (κ2) is 5.73. The summed E-state index contributed by atoms with van der Waals surface area (Å²) in [6, 6.07) is 7.87. The van der Waals surface area contributed by atoms with Crippen LogP contribution >= 0.6 is 11.3 Å². The molecule has 0 bridgehead atoms. The Labute approximate surface area is 130 Å². The van der Waals surface area contributed by atoms with E-state index in [4.69, 9.17) is 4.42 Å². The summed E-state index contributed by atoms with van der Waals surface area (Å²) in [6.07, 6.45) is 0. The molecule has 0 aliphatic heterocycles. The summed E-state index contributed by atoms with van der Waals surface area (Å²) in [6.45, 7) is 3.52. The van der Waals surface area contributed by atoms with Crippen molar-refractivity contribution in [1.82, 2.24) is 4.98 Å². The highest BCUT2D eigenvalue weighted by atomic mass is 32.1. The van der Waals surface area contributed by atoms with E-state index in [9.17, 15) is 9.18 Å². The number of nitrogens with one attached hydrogen (secondary N) is 1. The second-order valence-corrected chi connectivity index (χ2v) is 5.69. The zero-order valence-corrected chi connectivity index (χ0v) is 12.8. The first-order valence-corrected chi connectivity index (χ1v) is 7.51. The highest BCUT2D eigenvalue weighted by molar-refractivity contribution is 7.14. The molecule has 2 heterocycles. The Morgan fingerprint density at radius 1 is 1.32 bits per heavy atom. The lowest BCUT2D eigenvalue weighted by atomic mass is 10.2. The first-order valence-electron chi connectivity index (χ1n) is 6.63. The van der Waals surface area contributed by atoms with Gasteiger partial charge in [0.25, 0.3) is 5.91 Å². The molecule has 2 aromatic heterocycles. The maximum Gasteiger partial charge on any atom is 0.260 e. The van der Waals surface area contributed by atoms with Gasteiger partial charge < -0.3 is 4.42 Å². The number of nitrogens with zero attached hydrogens (tertiary/aromatic N) is 1.